The third-order valence-electron chi connectivity index (χ3n) is 2.33. The van der Waals surface area contributed by atoms with Crippen molar-refractivity contribution in [1.29, 1.82) is 0 Å². The molecule has 1 rings (SSSR count). The molecule has 0 amide bonds. The third kappa shape index (κ3) is 7.10. The van der Waals surface area contributed by atoms with E-state index in [9.17, 15) is 0 Å². The van der Waals surface area contributed by atoms with Gasteiger partial charge in [-0.15, -0.1) is 0 Å². The fourth-order valence-corrected chi connectivity index (χ4v) is 2.00. The van der Waals surface area contributed by atoms with E-state index in [1.165, 1.54) is 0 Å². The number of nitrogens with one attached hydrogen (secondary N) is 1. The molecule has 0 unspecified atom stereocenters. The molecule has 0 aliphatic carbocycles. The van der Waals surface area contributed by atoms with Crippen molar-refractivity contribution in [3.63, 3.8) is 0 Å². The van der Waals surface area contributed by atoms with Crippen molar-refractivity contribution >= 4 is 23.2 Å². The number of unbranched alkanes of at least 4 members (excludes halogenated alkanes) is 1. The summed E-state index contributed by atoms with van der Waals surface area (Å²) in [4.78, 5) is 0. The molecule has 0 radical (unpaired) electrons. The second-order valence-electron chi connectivity index (χ2n) is 5.34. The smallest absolute Gasteiger partial charge is 0.122 e. The van der Waals surface area contributed by atoms with E-state index in [0.717, 1.165) is 25.1 Å². The van der Waals surface area contributed by atoms with Crippen LogP contribution in [0.1, 0.15) is 33.6 Å². The second kappa shape index (κ2) is 7.22. The van der Waals surface area contributed by atoms with Gasteiger partial charge in [-0.05, 0) is 58.4 Å². The Balaban J connectivity index is 2.18. The third-order valence-corrected chi connectivity index (χ3v) is 2.77. The lowest BCUT2D eigenvalue weighted by Gasteiger charge is -2.20. The molecule has 0 saturated carbocycles. The average Bonchev–Trinajstić information content (AvgIpc) is 2.20. The topological polar surface area (TPSA) is 21.3 Å². The lowest BCUT2D eigenvalue weighted by atomic mass is 10.1. The molecule has 102 valence electrons. The van der Waals surface area contributed by atoms with Gasteiger partial charge in [-0.2, -0.15) is 0 Å². The first-order valence-corrected chi connectivity index (χ1v) is 6.96. The summed E-state index contributed by atoms with van der Waals surface area (Å²) >= 11 is 11.8. The van der Waals surface area contributed by atoms with Gasteiger partial charge in [-0.1, -0.05) is 23.2 Å². The average molecular weight is 290 g/mol. The van der Waals surface area contributed by atoms with Gasteiger partial charge in [0.2, 0.25) is 0 Å². The molecule has 1 aromatic rings. The molecule has 0 aliphatic rings. The van der Waals surface area contributed by atoms with Crippen molar-refractivity contribution in [3.05, 3.63) is 28.2 Å². The normalized spacial score (nSPS) is 11.6. The van der Waals surface area contributed by atoms with E-state index in [0.29, 0.717) is 16.7 Å². The van der Waals surface area contributed by atoms with Gasteiger partial charge >= 0.3 is 0 Å². The summed E-state index contributed by atoms with van der Waals surface area (Å²) in [5, 5.41) is 4.65. The van der Waals surface area contributed by atoms with E-state index >= 15 is 0 Å². The lowest BCUT2D eigenvalue weighted by Crippen LogP contribution is -2.36. The minimum absolute atomic E-state index is 0.182. The van der Waals surface area contributed by atoms with Crippen LogP contribution in [0.5, 0.6) is 5.75 Å². The molecule has 0 saturated heterocycles. The van der Waals surface area contributed by atoms with E-state index in [-0.39, 0.29) is 5.54 Å². The van der Waals surface area contributed by atoms with Crippen molar-refractivity contribution in [2.24, 2.45) is 0 Å². The Morgan fingerprint density at radius 1 is 1.06 bits per heavy atom. The Morgan fingerprint density at radius 2 is 1.67 bits per heavy atom. The Labute approximate surface area is 120 Å². The minimum Gasteiger partial charge on any atom is -0.493 e. The van der Waals surface area contributed by atoms with Crippen LogP contribution in [0.4, 0.5) is 0 Å². The summed E-state index contributed by atoms with van der Waals surface area (Å²) in [7, 11) is 0. The van der Waals surface area contributed by atoms with Crippen LogP contribution < -0.4 is 10.1 Å². The van der Waals surface area contributed by atoms with Gasteiger partial charge in [0, 0.05) is 15.6 Å². The largest absolute Gasteiger partial charge is 0.493 e. The molecule has 1 N–H and O–H groups in total. The monoisotopic (exact) mass is 289 g/mol. The predicted molar refractivity (Wildman–Crippen MR) is 78.9 cm³/mol. The molecule has 0 aliphatic heterocycles. The second-order valence-corrected chi connectivity index (χ2v) is 6.21. The first-order chi connectivity index (χ1) is 8.37. The van der Waals surface area contributed by atoms with Crippen molar-refractivity contribution < 1.29 is 4.74 Å². The zero-order valence-electron chi connectivity index (χ0n) is 11.2. The summed E-state index contributed by atoms with van der Waals surface area (Å²) in [6.45, 7) is 8.18. The molecule has 0 fully saturated rings. The first-order valence-electron chi connectivity index (χ1n) is 6.21. The van der Waals surface area contributed by atoms with Crippen LogP contribution in [0.15, 0.2) is 18.2 Å². The fourth-order valence-electron chi connectivity index (χ4n) is 1.49. The Hall–Kier alpha value is -0.440. The van der Waals surface area contributed by atoms with E-state index in [2.05, 4.69) is 26.1 Å². The van der Waals surface area contributed by atoms with Crippen LogP contribution in [0.3, 0.4) is 0 Å². The molecule has 1 aromatic carbocycles. The number of ether oxygens (including phenoxy) is 1. The van der Waals surface area contributed by atoms with Crippen LogP contribution in [0.2, 0.25) is 10.0 Å². The molecule has 0 atom stereocenters. The maximum Gasteiger partial charge on any atom is 0.122 e. The number of halogens is 2. The molecule has 0 heterocycles. The zero-order valence-corrected chi connectivity index (χ0v) is 12.7. The summed E-state index contributed by atoms with van der Waals surface area (Å²) in [6, 6.07) is 5.25. The summed E-state index contributed by atoms with van der Waals surface area (Å²) in [5.74, 6) is 0.733. The van der Waals surface area contributed by atoms with E-state index in [4.69, 9.17) is 27.9 Å². The van der Waals surface area contributed by atoms with Crippen LogP contribution in [0, 0.1) is 0 Å². The van der Waals surface area contributed by atoms with Crippen LogP contribution >= 0.6 is 23.2 Å². The SMILES string of the molecule is CC(C)(C)NCCCCOc1cc(Cl)cc(Cl)c1. The fraction of sp³-hybridized carbons (Fsp3) is 0.571. The summed E-state index contributed by atoms with van der Waals surface area (Å²) in [6.07, 6.45) is 2.10. The maximum absolute atomic E-state index is 5.89. The van der Waals surface area contributed by atoms with Gasteiger partial charge < -0.3 is 10.1 Å². The highest BCUT2D eigenvalue weighted by Crippen LogP contribution is 2.24. The minimum atomic E-state index is 0.182. The van der Waals surface area contributed by atoms with Crippen LogP contribution in [0.25, 0.3) is 0 Å². The van der Waals surface area contributed by atoms with Gasteiger partial charge in [0.25, 0.3) is 0 Å². The molecule has 0 bridgehead atoms. The van der Waals surface area contributed by atoms with Gasteiger partial charge in [-0.25, -0.2) is 0 Å². The quantitative estimate of drug-likeness (QED) is 0.777. The maximum atomic E-state index is 5.89. The highest BCUT2D eigenvalue weighted by molar-refractivity contribution is 6.34. The number of hydrogen-bond donors (Lipinski definition) is 1. The van der Waals surface area contributed by atoms with Crippen LogP contribution in [-0.4, -0.2) is 18.7 Å². The Bertz CT molecular complexity index is 354. The number of benzene rings is 1. The van der Waals surface area contributed by atoms with E-state index < -0.39 is 0 Å². The molecule has 0 aromatic heterocycles. The first kappa shape index (κ1) is 15.6. The van der Waals surface area contributed by atoms with E-state index in [1.54, 1.807) is 18.2 Å². The molecule has 18 heavy (non-hydrogen) atoms. The predicted octanol–water partition coefficient (Wildman–Crippen LogP) is 4.54. The van der Waals surface area contributed by atoms with Crippen LogP contribution in [-0.2, 0) is 0 Å². The van der Waals surface area contributed by atoms with Crippen molar-refractivity contribution in [3.8, 4) is 5.75 Å². The number of hydrogen-bond acceptors (Lipinski definition) is 2. The van der Waals surface area contributed by atoms with Gasteiger partial charge in [0.1, 0.15) is 5.75 Å². The summed E-state index contributed by atoms with van der Waals surface area (Å²) in [5.41, 5.74) is 0.182. The highest BCUT2D eigenvalue weighted by Gasteiger charge is 2.07. The molecular weight excluding hydrogens is 269 g/mol. The highest BCUT2D eigenvalue weighted by atomic mass is 35.5. The standard InChI is InChI=1S/C14H21Cl2NO/c1-14(2,3)17-6-4-5-7-18-13-9-11(15)8-12(16)10-13/h8-10,17H,4-7H2,1-3H3. The molecule has 2 nitrogen and oxygen atoms in total. The van der Waals surface area contributed by atoms with E-state index in [1.807, 2.05) is 0 Å². The van der Waals surface area contributed by atoms with Gasteiger partial charge in [0.15, 0.2) is 0 Å². The Kier molecular flexibility index (Phi) is 6.27. The molecule has 0 spiro atoms. The van der Waals surface area contributed by atoms with Crippen molar-refractivity contribution in [1.82, 2.24) is 5.32 Å². The molecular formula is C14H21Cl2NO. The van der Waals surface area contributed by atoms with Crippen molar-refractivity contribution in [2.75, 3.05) is 13.2 Å². The summed E-state index contributed by atoms with van der Waals surface area (Å²) < 4.78 is 5.60. The number of rotatable bonds is 6. The van der Waals surface area contributed by atoms with Gasteiger partial charge in [-0.3, -0.25) is 0 Å². The van der Waals surface area contributed by atoms with Gasteiger partial charge in [0.05, 0.1) is 6.61 Å². The zero-order chi connectivity index (χ0) is 13.6. The van der Waals surface area contributed by atoms with Crippen molar-refractivity contribution in [2.45, 2.75) is 39.2 Å². The Morgan fingerprint density at radius 3 is 2.22 bits per heavy atom. The molecule has 4 heteroatoms. The lowest BCUT2D eigenvalue weighted by molar-refractivity contribution is 0.301.